The molecule has 1 amide bonds. The van der Waals surface area contributed by atoms with Gasteiger partial charge in [0.15, 0.2) is 0 Å². The van der Waals surface area contributed by atoms with E-state index in [1.54, 1.807) is 12.1 Å². The zero-order valence-corrected chi connectivity index (χ0v) is 16.9. The molecule has 1 unspecified atom stereocenters. The Labute approximate surface area is 165 Å². The molecule has 1 aliphatic rings. The number of hydrogen-bond donors (Lipinski definition) is 1. The highest BCUT2D eigenvalue weighted by Gasteiger charge is 2.25. The molecule has 1 fully saturated rings. The van der Waals surface area contributed by atoms with Crippen molar-refractivity contribution < 1.29 is 9.72 Å². The van der Waals surface area contributed by atoms with Crippen LogP contribution in [0.25, 0.3) is 0 Å². The molecule has 28 heavy (non-hydrogen) atoms. The Morgan fingerprint density at radius 2 is 1.86 bits per heavy atom. The van der Waals surface area contributed by atoms with Gasteiger partial charge in [0.2, 0.25) is 0 Å². The van der Waals surface area contributed by atoms with Gasteiger partial charge in [-0.3, -0.25) is 14.9 Å². The highest BCUT2D eigenvalue weighted by atomic mass is 16.6. The number of carbonyl (C=O) groups is 1. The van der Waals surface area contributed by atoms with Gasteiger partial charge in [0.05, 0.1) is 4.92 Å². The first-order valence-corrected chi connectivity index (χ1v) is 9.69. The van der Waals surface area contributed by atoms with E-state index in [1.165, 1.54) is 6.07 Å². The summed E-state index contributed by atoms with van der Waals surface area (Å²) in [5.74, 6) is 0.167. The first-order chi connectivity index (χ1) is 13.3. The molecule has 6 heteroatoms. The quantitative estimate of drug-likeness (QED) is 0.597. The first kappa shape index (κ1) is 19.9. The minimum absolute atomic E-state index is 0.0147. The lowest BCUT2D eigenvalue weighted by Crippen LogP contribution is -2.34. The fourth-order valence-corrected chi connectivity index (χ4v) is 4.05. The smallest absolute Gasteiger partial charge is 0.293 e. The van der Waals surface area contributed by atoms with Crippen LogP contribution in [0.5, 0.6) is 0 Å². The monoisotopic (exact) mass is 381 g/mol. The maximum absolute atomic E-state index is 12.8. The summed E-state index contributed by atoms with van der Waals surface area (Å²) in [6.07, 6.45) is 2.16. The number of anilines is 2. The summed E-state index contributed by atoms with van der Waals surface area (Å²) < 4.78 is 0. The van der Waals surface area contributed by atoms with Gasteiger partial charge in [0, 0.05) is 30.4 Å². The van der Waals surface area contributed by atoms with Crippen molar-refractivity contribution in [2.75, 3.05) is 23.3 Å². The van der Waals surface area contributed by atoms with Crippen molar-refractivity contribution in [2.24, 2.45) is 5.92 Å². The Kier molecular flexibility index (Phi) is 5.68. The summed E-state index contributed by atoms with van der Waals surface area (Å²) in [4.78, 5) is 26.1. The average Bonchev–Trinajstić information content (AvgIpc) is 2.64. The fourth-order valence-electron chi connectivity index (χ4n) is 4.05. The number of aryl methyl sites for hydroxylation is 3. The summed E-state index contributed by atoms with van der Waals surface area (Å²) >= 11 is 0. The zero-order valence-electron chi connectivity index (χ0n) is 16.9. The van der Waals surface area contributed by atoms with E-state index in [2.05, 4.69) is 17.1 Å². The number of hydrogen-bond acceptors (Lipinski definition) is 4. The number of nitrogens with one attached hydrogen (secondary N) is 1. The standard InChI is InChI=1S/C22H27N3O3/c1-14-6-5-9-24(13-14)19-8-7-18(12-20(19)25(27)28)22(26)23-21-16(3)10-15(2)11-17(21)4/h7-8,10-12,14H,5-6,9,13H2,1-4H3,(H,23,26). The van der Waals surface area contributed by atoms with Gasteiger partial charge in [-0.05, 0) is 62.8 Å². The molecule has 3 rings (SSSR count). The van der Waals surface area contributed by atoms with Crippen molar-refractivity contribution in [3.63, 3.8) is 0 Å². The molecule has 0 aromatic heterocycles. The van der Waals surface area contributed by atoms with Gasteiger partial charge in [-0.15, -0.1) is 0 Å². The van der Waals surface area contributed by atoms with Crippen molar-refractivity contribution in [1.82, 2.24) is 0 Å². The van der Waals surface area contributed by atoms with Gasteiger partial charge >= 0.3 is 0 Å². The van der Waals surface area contributed by atoms with Crippen molar-refractivity contribution in [1.29, 1.82) is 0 Å². The first-order valence-electron chi connectivity index (χ1n) is 9.69. The van der Waals surface area contributed by atoms with Crippen LogP contribution in [0, 0.1) is 36.8 Å². The molecule has 1 heterocycles. The van der Waals surface area contributed by atoms with Gasteiger partial charge in [-0.25, -0.2) is 0 Å². The molecular formula is C22H27N3O3. The molecule has 2 aromatic rings. The zero-order chi connectivity index (χ0) is 20.4. The van der Waals surface area contributed by atoms with E-state index in [0.717, 1.165) is 48.3 Å². The number of carbonyl (C=O) groups excluding carboxylic acids is 1. The normalized spacial score (nSPS) is 16.7. The molecule has 1 aliphatic heterocycles. The average molecular weight is 381 g/mol. The Morgan fingerprint density at radius 1 is 1.18 bits per heavy atom. The SMILES string of the molecule is Cc1cc(C)c(NC(=O)c2ccc(N3CCCC(C)C3)c([N+](=O)[O-])c2)c(C)c1. The molecule has 6 nitrogen and oxygen atoms in total. The lowest BCUT2D eigenvalue weighted by Gasteiger charge is -2.32. The molecule has 1 atom stereocenters. The minimum Gasteiger partial charge on any atom is -0.366 e. The van der Waals surface area contributed by atoms with Crippen LogP contribution in [-0.4, -0.2) is 23.9 Å². The van der Waals surface area contributed by atoms with Crippen LogP contribution in [0.3, 0.4) is 0 Å². The Bertz CT molecular complexity index is 900. The predicted molar refractivity (Wildman–Crippen MR) is 112 cm³/mol. The summed E-state index contributed by atoms with van der Waals surface area (Å²) in [5, 5.41) is 14.6. The number of piperidine rings is 1. The topological polar surface area (TPSA) is 75.5 Å². The Morgan fingerprint density at radius 3 is 2.46 bits per heavy atom. The lowest BCUT2D eigenvalue weighted by atomic mass is 9.99. The van der Waals surface area contributed by atoms with Crippen LogP contribution < -0.4 is 10.2 Å². The van der Waals surface area contributed by atoms with E-state index in [-0.39, 0.29) is 11.6 Å². The summed E-state index contributed by atoms with van der Waals surface area (Å²) in [6.45, 7) is 9.66. The Balaban J connectivity index is 1.89. The van der Waals surface area contributed by atoms with Crippen molar-refractivity contribution >= 4 is 23.0 Å². The maximum Gasteiger partial charge on any atom is 0.293 e. The van der Waals surface area contributed by atoms with Gasteiger partial charge in [0.25, 0.3) is 11.6 Å². The minimum atomic E-state index is -0.395. The number of nitro benzene ring substituents is 1. The molecule has 1 N–H and O–H groups in total. The predicted octanol–water partition coefficient (Wildman–Crippen LogP) is 5.01. The number of benzene rings is 2. The van der Waals surface area contributed by atoms with Gasteiger partial charge in [-0.1, -0.05) is 24.6 Å². The number of nitrogens with zero attached hydrogens (tertiary/aromatic N) is 2. The third kappa shape index (κ3) is 4.16. The second kappa shape index (κ2) is 8.00. The van der Waals surface area contributed by atoms with Crippen LogP contribution in [0.4, 0.5) is 17.1 Å². The van der Waals surface area contributed by atoms with E-state index in [4.69, 9.17) is 0 Å². The van der Waals surface area contributed by atoms with Crippen molar-refractivity contribution in [2.45, 2.75) is 40.5 Å². The summed E-state index contributed by atoms with van der Waals surface area (Å²) in [7, 11) is 0. The van der Waals surface area contributed by atoms with Gasteiger partial charge in [-0.2, -0.15) is 0 Å². The van der Waals surface area contributed by atoms with Crippen LogP contribution >= 0.6 is 0 Å². The molecule has 0 spiro atoms. The molecule has 1 saturated heterocycles. The van der Waals surface area contributed by atoms with Gasteiger partial charge < -0.3 is 10.2 Å². The van der Waals surface area contributed by atoms with E-state index >= 15 is 0 Å². The van der Waals surface area contributed by atoms with Crippen molar-refractivity contribution in [3.8, 4) is 0 Å². The van der Waals surface area contributed by atoms with E-state index < -0.39 is 4.92 Å². The summed E-state index contributed by atoms with van der Waals surface area (Å²) in [6, 6.07) is 8.79. The van der Waals surface area contributed by atoms with Crippen LogP contribution in [0.2, 0.25) is 0 Å². The number of amides is 1. The largest absolute Gasteiger partial charge is 0.366 e. The fraction of sp³-hybridized carbons (Fsp3) is 0.409. The lowest BCUT2D eigenvalue weighted by molar-refractivity contribution is -0.384. The molecule has 0 aliphatic carbocycles. The second-order valence-corrected chi connectivity index (χ2v) is 7.88. The van der Waals surface area contributed by atoms with Crippen LogP contribution in [-0.2, 0) is 0 Å². The van der Waals surface area contributed by atoms with Gasteiger partial charge in [0.1, 0.15) is 5.69 Å². The van der Waals surface area contributed by atoms with Crippen LogP contribution in [0.15, 0.2) is 30.3 Å². The third-order valence-electron chi connectivity index (χ3n) is 5.35. The molecular weight excluding hydrogens is 354 g/mol. The highest BCUT2D eigenvalue weighted by Crippen LogP contribution is 2.33. The second-order valence-electron chi connectivity index (χ2n) is 7.88. The molecule has 148 valence electrons. The number of rotatable bonds is 4. The van der Waals surface area contributed by atoms with Crippen LogP contribution in [0.1, 0.15) is 46.8 Å². The van der Waals surface area contributed by atoms with E-state index in [1.807, 2.05) is 32.9 Å². The maximum atomic E-state index is 12.8. The highest BCUT2D eigenvalue weighted by molar-refractivity contribution is 6.06. The molecule has 2 aromatic carbocycles. The summed E-state index contributed by atoms with van der Waals surface area (Å²) in [5.41, 5.74) is 4.70. The molecule has 0 bridgehead atoms. The molecule has 0 radical (unpaired) electrons. The third-order valence-corrected chi connectivity index (χ3v) is 5.35. The Hall–Kier alpha value is -2.89. The van der Waals surface area contributed by atoms with E-state index in [9.17, 15) is 14.9 Å². The van der Waals surface area contributed by atoms with E-state index in [0.29, 0.717) is 17.2 Å². The van der Waals surface area contributed by atoms with Crippen molar-refractivity contribution in [3.05, 3.63) is 62.7 Å². The molecule has 0 saturated carbocycles. The number of nitro groups is 1.